The lowest BCUT2D eigenvalue weighted by molar-refractivity contribution is -0.119. The third-order valence-electron chi connectivity index (χ3n) is 6.04. The number of ether oxygens (including phenoxy) is 1. The fourth-order valence-corrected chi connectivity index (χ4v) is 5.01. The van der Waals surface area contributed by atoms with Crippen LogP contribution in [0.1, 0.15) is 31.4 Å². The van der Waals surface area contributed by atoms with Crippen molar-refractivity contribution in [2.24, 2.45) is 0 Å². The summed E-state index contributed by atoms with van der Waals surface area (Å²) in [6.45, 7) is 3.28. The van der Waals surface area contributed by atoms with E-state index in [1.165, 1.54) is 23.9 Å². The minimum absolute atomic E-state index is 0.103. The lowest BCUT2D eigenvalue weighted by Crippen LogP contribution is -2.28. The standard InChI is InChI=1S/C25H26FN5O2S/c1-16(17-8-10-18(26)11-9-17)28-23(32)15-34-25-30-29-24(31(25)14-19-5-4-12-33-19)21-13-27-22-7-3-2-6-20(21)22/h2-3,6-11,13,16,19,27H,4-5,12,14-15H2,1H3,(H,28,32). The molecular formula is C25H26FN5O2S. The van der Waals surface area contributed by atoms with E-state index in [9.17, 15) is 9.18 Å². The third-order valence-corrected chi connectivity index (χ3v) is 7.00. The molecule has 2 N–H and O–H groups in total. The monoisotopic (exact) mass is 479 g/mol. The van der Waals surface area contributed by atoms with E-state index in [1.807, 2.05) is 31.3 Å². The molecule has 9 heteroatoms. The Morgan fingerprint density at radius 3 is 2.88 bits per heavy atom. The second-order valence-corrected chi connectivity index (χ2v) is 9.37. The zero-order valence-corrected chi connectivity index (χ0v) is 19.6. The number of nitrogens with zero attached hydrogens (tertiary/aromatic N) is 3. The van der Waals surface area contributed by atoms with E-state index in [2.05, 4.69) is 31.1 Å². The smallest absolute Gasteiger partial charge is 0.230 e. The molecule has 3 heterocycles. The van der Waals surface area contributed by atoms with Crippen LogP contribution in [0.3, 0.4) is 0 Å². The molecule has 0 radical (unpaired) electrons. The minimum Gasteiger partial charge on any atom is -0.376 e. The topological polar surface area (TPSA) is 84.8 Å². The molecule has 1 aliphatic heterocycles. The van der Waals surface area contributed by atoms with Gasteiger partial charge in [-0.2, -0.15) is 0 Å². The molecule has 0 saturated carbocycles. The van der Waals surface area contributed by atoms with Crippen molar-refractivity contribution >= 4 is 28.6 Å². The van der Waals surface area contributed by atoms with Gasteiger partial charge in [-0.15, -0.1) is 10.2 Å². The van der Waals surface area contributed by atoms with Crippen LogP contribution in [0.15, 0.2) is 59.9 Å². The lowest BCUT2D eigenvalue weighted by Gasteiger charge is -2.16. The number of carbonyl (C=O) groups excluding carboxylic acids is 1. The number of halogens is 1. The van der Waals surface area contributed by atoms with Crippen molar-refractivity contribution < 1.29 is 13.9 Å². The summed E-state index contributed by atoms with van der Waals surface area (Å²) >= 11 is 1.35. The van der Waals surface area contributed by atoms with Crippen LogP contribution in [-0.2, 0) is 16.1 Å². The number of para-hydroxylation sites is 1. The van der Waals surface area contributed by atoms with Crippen LogP contribution in [0.5, 0.6) is 0 Å². The Labute approximate surface area is 201 Å². The van der Waals surface area contributed by atoms with E-state index in [4.69, 9.17) is 4.74 Å². The summed E-state index contributed by atoms with van der Waals surface area (Å²) in [5.74, 6) is 0.537. The summed E-state index contributed by atoms with van der Waals surface area (Å²) in [6.07, 6.45) is 4.09. The molecule has 4 aromatic rings. The average molecular weight is 480 g/mol. The van der Waals surface area contributed by atoms with Crippen LogP contribution >= 0.6 is 11.8 Å². The highest BCUT2D eigenvalue weighted by Gasteiger charge is 2.23. The molecule has 0 bridgehead atoms. The van der Waals surface area contributed by atoms with Gasteiger partial charge < -0.3 is 15.0 Å². The number of thioether (sulfide) groups is 1. The predicted octanol–water partition coefficient (Wildman–Crippen LogP) is 4.71. The summed E-state index contributed by atoms with van der Waals surface area (Å²) in [5, 5.41) is 13.6. The van der Waals surface area contributed by atoms with Gasteiger partial charge in [-0.05, 0) is 43.5 Å². The predicted molar refractivity (Wildman–Crippen MR) is 130 cm³/mol. The maximum Gasteiger partial charge on any atom is 0.230 e. The van der Waals surface area contributed by atoms with Crippen LogP contribution in [-0.4, -0.2) is 44.1 Å². The number of H-pyrrole nitrogens is 1. The Morgan fingerprint density at radius 2 is 2.09 bits per heavy atom. The molecular weight excluding hydrogens is 453 g/mol. The molecule has 1 fully saturated rings. The van der Waals surface area contributed by atoms with E-state index < -0.39 is 0 Å². The summed E-state index contributed by atoms with van der Waals surface area (Å²) in [7, 11) is 0. The van der Waals surface area contributed by atoms with Gasteiger partial charge in [0.25, 0.3) is 0 Å². The van der Waals surface area contributed by atoms with E-state index in [-0.39, 0.29) is 29.6 Å². The third kappa shape index (κ3) is 4.85. The van der Waals surface area contributed by atoms with Gasteiger partial charge in [-0.3, -0.25) is 9.36 Å². The number of benzene rings is 2. The fourth-order valence-electron chi connectivity index (χ4n) is 4.26. The van der Waals surface area contributed by atoms with Gasteiger partial charge >= 0.3 is 0 Å². The maximum atomic E-state index is 13.2. The molecule has 5 rings (SSSR count). The molecule has 1 saturated heterocycles. The normalized spacial score (nSPS) is 16.7. The second kappa shape index (κ2) is 9.99. The molecule has 2 atom stereocenters. The molecule has 1 aliphatic rings. The second-order valence-electron chi connectivity index (χ2n) is 8.43. The van der Waals surface area contributed by atoms with Crippen molar-refractivity contribution in [2.75, 3.05) is 12.4 Å². The first-order valence-corrected chi connectivity index (χ1v) is 12.4. The van der Waals surface area contributed by atoms with Gasteiger partial charge in [0.05, 0.1) is 24.4 Å². The summed E-state index contributed by atoms with van der Waals surface area (Å²) in [4.78, 5) is 15.9. The van der Waals surface area contributed by atoms with Crippen LogP contribution in [0, 0.1) is 5.82 Å². The maximum absolute atomic E-state index is 13.2. The molecule has 176 valence electrons. The van der Waals surface area contributed by atoms with E-state index in [1.54, 1.807) is 12.1 Å². The summed E-state index contributed by atoms with van der Waals surface area (Å²) in [6, 6.07) is 14.0. The summed E-state index contributed by atoms with van der Waals surface area (Å²) in [5.41, 5.74) is 2.86. The van der Waals surface area contributed by atoms with Gasteiger partial charge in [-0.25, -0.2) is 4.39 Å². The first-order chi connectivity index (χ1) is 16.6. The zero-order chi connectivity index (χ0) is 23.5. The van der Waals surface area contributed by atoms with Gasteiger partial charge in [0.15, 0.2) is 11.0 Å². The average Bonchev–Trinajstić information content (AvgIpc) is 3.59. The van der Waals surface area contributed by atoms with Crippen molar-refractivity contribution in [3.63, 3.8) is 0 Å². The van der Waals surface area contributed by atoms with E-state index >= 15 is 0 Å². The number of aromatic nitrogens is 4. The van der Waals surface area contributed by atoms with Gasteiger partial charge in [-0.1, -0.05) is 42.1 Å². The van der Waals surface area contributed by atoms with Gasteiger partial charge in [0.1, 0.15) is 5.82 Å². The van der Waals surface area contributed by atoms with E-state index in [0.717, 1.165) is 47.3 Å². The van der Waals surface area contributed by atoms with Crippen molar-refractivity contribution in [1.82, 2.24) is 25.1 Å². The van der Waals surface area contributed by atoms with Crippen LogP contribution < -0.4 is 5.32 Å². The van der Waals surface area contributed by atoms with Crippen molar-refractivity contribution in [3.8, 4) is 11.4 Å². The number of rotatable bonds is 8. The summed E-state index contributed by atoms with van der Waals surface area (Å²) < 4.78 is 21.1. The highest BCUT2D eigenvalue weighted by atomic mass is 32.2. The number of hydrogen-bond acceptors (Lipinski definition) is 5. The zero-order valence-electron chi connectivity index (χ0n) is 18.8. The Balaban J connectivity index is 1.33. The van der Waals surface area contributed by atoms with Crippen molar-refractivity contribution in [1.29, 1.82) is 0 Å². The van der Waals surface area contributed by atoms with Crippen LogP contribution in [0.4, 0.5) is 4.39 Å². The first-order valence-electron chi connectivity index (χ1n) is 11.4. The SMILES string of the molecule is CC(NC(=O)CSc1nnc(-c2c[nH]c3ccccc23)n1CC1CCCO1)c1ccc(F)cc1. The number of aromatic amines is 1. The highest BCUT2D eigenvalue weighted by molar-refractivity contribution is 7.99. The quantitative estimate of drug-likeness (QED) is 0.358. The number of amides is 1. The molecule has 34 heavy (non-hydrogen) atoms. The molecule has 2 unspecified atom stereocenters. The Hall–Kier alpha value is -3.17. The molecule has 1 amide bonds. The number of nitrogens with one attached hydrogen (secondary N) is 2. The van der Waals surface area contributed by atoms with Gasteiger partial charge in [0.2, 0.25) is 5.91 Å². The minimum atomic E-state index is -0.297. The largest absolute Gasteiger partial charge is 0.376 e. The van der Waals surface area contributed by atoms with Crippen LogP contribution in [0.2, 0.25) is 0 Å². The number of fused-ring (bicyclic) bond motifs is 1. The van der Waals surface area contributed by atoms with E-state index in [0.29, 0.717) is 11.7 Å². The van der Waals surface area contributed by atoms with Gasteiger partial charge in [0, 0.05) is 29.3 Å². The van der Waals surface area contributed by atoms with Crippen molar-refractivity contribution in [3.05, 3.63) is 66.1 Å². The molecule has 2 aromatic carbocycles. The number of carbonyl (C=O) groups is 1. The molecule has 0 aliphatic carbocycles. The Bertz CT molecular complexity index is 1280. The van der Waals surface area contributed by atoms with Crippen LogP contribution in [0.25, 0.3) is 22.3 Å². The molecule has 2 aromatic heterocycles. The Kier molecular flexibility index (Phi) is 6.64. The molecule has 0 spiro atoms. The van der Waals surface area contributed by atoms with Crippen molar-refractivity contribution in [2.45, 2.75) is 43.6 Å². The fraction of sp³-hybridized carbons (Fsp3) is 0.320. The highest BCUT2D eigenvalue weighted by Crippen LogP contribution is 2.31. The Morgan fingerprint density at radius 1 is 1.26 bits per heavy atom. The molecule has 7 nitrogen and oxygen atoms in total. The lowest BCUT2D eigenvalue weighted by atomic mass is 10.1. The first kappa shape index (κ1) is 22.6. The number of hydrogen-bond donors (Lipinski definition) is 2.